The van der Waals surface area contributed by atoms with Gasteiger partial charge in [0.25, 0.3) is 0 Å². The molecule has 0 bridgehead atoms. The average molecular weight is 464 g/mol. The predicted molar refractivity (Wildman–Crippen MR) is 124 cm³/mol. The molecule has 1 aromatic carbocycles. The van der Waals surface area contributed by atoms with E-state index in [0.717, 1.165) is 36.8 Å². The number of carbonyl (C=O) groups is 1. The van der Waals surface area contributed by atoms with Gasteiger partial charge >= 0.3 is 6.09 Å². The van der Waals surface area contributed by atoms with Crippen LogP contribution in [-0.4, -0.2) is 44.7 Å². The SMILES string of the molecule is CC1(Cn2cnc3ccc(C#N)cc32)CCC[C@@]2(CN(c3cc(C(C)(C)CO)no3)C(=O)O2)C1. The number of benzene rings is 1. The van der Waals surface area contributed by atoms with Gasteiger partial charge in [0, 0.05) is 18.0 Å². The number of ether oxygens (including phenoxy) is 1. The number of imidazole rings is 1. The van der Waals surface area contributed by atoms with Crippen molar-refractivity contribution in [2.45, 2.75) is 64.0 Å². The second-order valence-corrected chi connectivity index (χ2v) is 10.8. The van der Waals surface area contributed by atoms with Gasteiger partial charge < -0.3 is 18.9 Å². The first-order chi connectivity index (χ1) is 16.2. The summed E-state index contributed by atoms with van der Waals surface area (Å²) in [5.41, 5.74) is 1.72. The molecular formula is C25H29N5O4. The van der Waals surface area contributed by atoms with Gasteiger partial charge in [0.1, 0.15) is 5.60 Å². The third-order valence-electron chi connectivity index (χ3n) is 7.29. The van der Waals surface area contributed by atoms with Crippen LogP contribution < -0.4 is 4.90 Å². The molecule has 0 radical (unpaired) electrons. The molecule has 1 N–H and O–H groups in total. The van der Waals surface area contributed by atoms with Gasteiger partial charge in [-0.25, -0.2) is 14.7 Å². The van der Waals surface area contributed by atoms with Gasteiger partial charge in [0.15, 0.2) is 0 Å². The first-order valence-corrected chi connectivity index (χ1v) is 11.6. The standard InChI is InChI=1S/C25H29N5O4/c1-23(2,15-31)20-10-21(34-28-20)30-14-25(33-22(30)32)8-4-7-24(3,12-25)13-29-16-27-18-6-5-17(11-26)9-19(18)29/h5-6,9-10,16,31H,4,7-8,12-15H2,1-3H3/t24?,25-/m0/s1. The molecule has 2 aliphatic rings. The fraction of sp³-hybridized carbons (Fsp3) is 0.520. The number of amides is 1. The molecule has 1 unspecified atom stereocenters. The van der Waals surface area contributed by atoms with Crippen molar-refractivity contribution in [3.8, 4) is 6.07 Å². The zero-order valence-corrected chi connectivity index (χ0v) is 19.7. The largest absolute Gasteiger partial charge is 0.441 e. The molecule has 1 amide bonds. The number of aliphatic hydroxyl groups is 1. The summed E-state index contributed by atoms with van der Waals surface area (Å²) < 4.78 is 13.6. The highest BCUT2D eigenvalue weighted by molar-refractivity contribution is 5.88. The summed E-state index contributed by atoms with van der Waals surface area (Å²) in [4.78, 5) is 18.9. The van der Waals surface area contributed by atoms with Crippen molar-refractivity contribution >= 4 is 23.0 Å². The normalized spacial score (nSPS) is 25.1. The van der Waals surface area contributed by atoms with E-state index in [1.807, 2.05) is 32.3 Å². The van der Waals surface area contributed by atoms with E-state index in [2.05, 4.69) is 27.7 Å². The maximum absolute atomic E-state index is 12.9. The number of aliphatic hydroxyl groups excluding tert-OH is 1. The smallest absolute Gasteiger partial charge is 0.417 e. The van der Waals surface area contributed by atoms with Crippen LogP contribution in [-0.2, 0) is 16.7 Å². The van der Waals surface area contributed by atoms with Gasteiger partial charge in [0.05, 0.1) is 47.8 Å². The number of rotatable bonds is 5. The minimum atomic E-state index is -0.599. The van der Waals surface area contributed by atoms with E-state index in [4.69, 9.17) is 9.26 Å². The quantitative estimate of drug-likeness (QED) is 0.604. The molecule has 2 aromatic heterocycles. The van der Waals surface area contributed by atoms with Crippen molar-refractivity contribution in [3.63, 3.8) is 0 Å². The molecule has 5 rings (SSSR count). The van der Waals surface area contributed by atoms with Gasteiger partial charge in [-0.3, -0.25) is 0 Å². The first kappa shape index (κ1) is 22.4. The number of fused-ring (bicyclic) bond motifs is 1. The van der Waals surface area contributed by atoms with Crippen LogP contribution in [0.4, 0.5) is 10.7 Å². The Morgan fingerprint density at radius 3 is 2.88 bits per heavy atom. The van der Waals surface area contributed by atoms with Crippen molar-refractivity contribution < 1.29 is 19.2 Å². The number of hydrogen-bond donors (Lipinski definition) is 1. The summed E-state index contributed by atoms with van der Waals surface area (Å²) >= 11 is 0. The van der Waals surface area contributed by atoms with Crippen molar-refractivity contribution in [1.82, 2.24) is 14.7 Å². The van der Waals surface area contributed by atoms with Crippen LogP contribution in [0.5, 0.6) is 0 Å². The molecule has 3 aromatic rings. The van der Waals surface area contributed by atoms with E-state index in [9.17, 15) is 15.2 Å². The molecule has 3 heterocycles. The molecule has 1 aliphatic heterocycles. The number of nitriles is 1. The van der Waals surface area contributed by atoms with Crippen LogP contribution in [0.15, 0.2) is 35.1 Å². The Hall–Kier alpha value is -3.38. The third-order valence-corrected chi connectivity index (χ3v) is 7.29. The van der Waals surface area contributed by atoms with Gasteiger partial charge in [-0.1, -0.05) is 25.9 Å². The third kappa shape index (κ3) is 3.82. The van der Waals surface area contributed by atoms with Gasteiger partial charge in [-0.15, -0.1) is 0 Å². The highest BCUT2D eigenvalue weighted by Gasteiger charge is 2.52. The predicted octanol–water partition coefficient (Wildman–Crippen LogP) is 4.14. The molecule has 9 nitrogen and oxygen atoms in total. The van der Waals surface area contributed by atoms with Crippen molar-refractivity contribution in [2.24, 2.45) is 5.41 Å². The number of anilines is 1. The summed E-state index contributed by atoms with van der Waals surface area (Å²) in [6.07, 6.45) is 4.83. The minimum absolute atomic E-state index is 0.0789. The second kappa shape index (κ2) is 7.84. The zero-order chi connectivity index (χ0) is 24.1. The van der Waals surface area contributed by atoms with Crippen LogP contribution in [0.2, 0.25) is 0 Å². The lowest BCUT2D eigenvalue weighted by Gasteiger charge is -2.43. The summed E-state index contributed by atoms with van der Waals surface area (Å²) in [6.45, 7) is 6.99. The Bertz CT molecular complexity index is 1290. The molecule has 178 valence electrons. The van der Waals surface area contributed by atoms with E-state index in [1.54, 1.807) is 12.1 Å². The monoisotopic (exact) mass is 463 g/mol. The van der Waals surface area contributed by atoms with Gasteiger partial charge in [0.2, 0.25) is 5.88 Å². The van der Waals surface area contributed by atoms with Crippen molar-refractivity contribution in [1.29, 1.82) is 5.26 Å². The molecule has 34 heavy (non-hydrogen) atoms. The number of aromatic nitrogens is 3. The van der Waals surface area contributed by atoms with Crippen LogP contribution >= 0.6 is 0 Å². The number of nitrogens with zero attached hydrogens (tertiary/aromatic N) is 5. The van der Waals surface area contributed by atoms with Crippen LogP contribution in [0.25, 0.3) is 11.0 Å². The van der Waals surface area contributed by atoms with Gasteiger partial charge in [-0.2, -0.15) is 5.26 Å². The molecule has 1 aliphatic carbocycles. The van der Waals surface area contributed by atoms with E-state index < -0.39 is 17.1 Å². The molecule has 2 fully saturated rings. The van der Waals surface area contributed by atoms with Crippen LogP contribution in [0.3, 0.4) is 0 Å². The molecule has 1 saturated carbocycles. The maximum atomic E-state index is 12.9. The molecule has 9 heteroatoms. The fourth-order valence-corrected chi connectivity index (χ4v) is 5.40. The lowest BCUT2D eigenvalue weighted by Crippen LogP contribution is -2.45. The number of hydrogen-bond acceptors (Lipinski definition) is 7. The second-order valence-electron chi connectivity index (χ2n) is 10.8. The topological polar surface area (TPSA) is 117 Å². The summed E-state index contributed by atoms with van der Waals surface area (Å²) in [6, 6.07) is 9.43. The Labute approximate surface area is 197 Å². The first-order valence-electron chi connectivity index (χ1n) is 11.6. The lowest BCUT2D eigenvalue weighted by atomic mass is 9.68. The summed E-state index contributed by atoms with van der Waals surface area (Å²) in [5.74, 6) is 0.343. The van der Waals surface area contributed by atoms with Gasteiger partial charge in [-0.05, 0) is 49.3 Å². The molecular weight excluding hydrogens is 434 g/mol. The Balaban J connectivity index is 1.37. The van der Waals surface area contributed by atoms with E-state index in [-0.39, 0.29) is 12.0 Å². The average Bonchev–Trinajstić information content (AvgIpc) is 3.51. The summed E-state index contributed by atoms with van der Waals surface area (Å²) in [5, 5.41) is 23.0. The lowest BCUT2D eigenvalue weighted by molar-refractivity contribution is -0.0264. The number of carbonyl (C=O) groups excluding carboxylic acids is 1. The van der Waals surface area contributed by atoms with E-state index in [1.165, 1.54) is 4.90 Å². The molecule has 2 atom stereocenters. The highest BCUT2D eigenvalue weighted by Crippen LogP contribution is 2.48. The van der Waals surface area contributed by atoms with Crippen LogP contribution in [0.1, 0.15) is 57.7 Å². The minimum Gasteiger partial charge on any atom is -0.441 e. The highest BCUT2D eigenvalue weighted by atomic mass is 16.6. The molecule has 1 spiro atoms. The Morgan fingerprint density at radius 2 is 2.12 bits per heavy atom. The van der Waals surface area contributed by atoms with E-state index >= 15 is 0 Å². The molecule has 1 saturated heterocycles. The Kier molecular flexibility index (Phi) is 5.17. The Morgan fingerprint density at radius 1 is 1.29 bits per heavy atom. The van der Waals surface area contributed by atoms with Crippen molar-refractivity contribution in [3.05, 3.63) is 41.9 Å². The van der Waals surface area contributed by atoms with Crippen molar-refractivity contribution in [2.75, 3.05) is 18.1 Å². The zero-order valence-electron chi connectivity index (χ0n) is 19.7. The fourth-order valence-electron chi connectivity index (χ4n) is 5.40. The summed E-state index contributed by atoms with van der Waals surface area (Å²) in [7, 11) is 0. The van der Waals surface area contributed by atoms with Crippen LogP contribution in [0, 0.1) is 16.7 Å². The van der Waals surface area contributed by atoms with E-state index in [0.29, 0.717) is 30.1 Å². The maximum Gasteiger partial charge on any atom is 0.417 e.